The van der Waals surface area contributed by atoms with Crippen LogP contribution >= 0.6 is 0 Å². The summed E-state index contributed by atoms with van der Waals surface area (Å²) < 4.78 is 5.91. The number of aromatic nitrogens is 1. The molecular weight excluding hydrogens is 316 g/mol. The number of likely N-dealkylation sites (tertiary alicyclic amines) is 1. The summed E-state index contributed by atoms with van der Waals surface area (Å²) in [7, 11) is 4.05. The second kappa shape index (κ2) is 7.04. The van der Waals surface area contributed by atoms with Crippen molar-refractivity contribution in [3.8, 4) is 0 Å². The maximum atomic E-state index is 12.6. The molecule has 1 N–H and O–H groups in total. The molecule has 1 aliphatic rings. The lowest BCUT2D eigenvalue weighted by Crippen LogP contribution is -2.52. The van der Waals surface area contributed by atoms with E-state index in [4.69, 9.17) is 4.42 Å². The molecule has 2 amide bonds. The first-order valence-corrected chi connectivity index (χ1v) is 8.92. The molecule has 2 aromatic rings. The van der Waals surface area contributed by atoms with Crippen LogP contribution in [0.2, 0.25) is 0 Å². The van der Waals surface area contributed by atoms with Crippen molar-refractivity contribution >= 4 is 17.1 Å². The van der Waals surface area contributed by atoms with Crippen molar-refractivity contribution in [2.75, 3.05) is 33.7 Å². The van der Waals surface area contributed by atoms with Crippen LogP contribution in [0, 0.1) is 0 Å². The lowest BCUT2D eigenvalue weighted by molar-refractivity contribution is 0.157. The lowest BCUT2D eigenvalue weighted by Gasteiger charge is -2.35. The van der Waals surface area contributed by atoms with Crippen molar-refractivity contribution in [3.05, 3.63) is 30.2 Å². The van der Waals surface area contributed by atoms with Gasteiger partial charge < -0.3 is 19.5 Å². The first kappa shape index (κ1) is 17.7. The van der Waals surface area contributed by atoms with Crippen molar-refractivity contribution in [1.29, 1.82) is 0 Å². The first-order valence-electron chi connectivity index (χ1n) is 8.92. The average molecular weight is 344 g/mol. The lowest BCUT2D eigenvalue weighted by atomic mass is 9.98. The summed E-state index contributed by atoms with van der Waals surface area (Å²) in [5, 5.41) is 3.07. The van der Waals surface area contributed by atoms with E-state index in [0.29, 0.717) is 13.1 Å². The van der Waals surface area contributed by atoms with E-state index in [1.54, 1.807) is 0 Å². The molecule has 1 fully saturated rings. The summed E-state index contributed by atoms with van der Waals surface area (Å²) in [6.07, 6.45) is 1.97. The number of nitrogens with zero attached hydrogens (tertiary/aromatic N) is 3. The molecule has 0 unspecified atom stereocenters. The number of carbonyl (C=O) groups is 1. The molecule has 136 valence electrons. The van der Waals surface area contributed by atoms with E-state index >= 15 is 0 Å². The molecule has 1 atom stereocenters. The van der Waals surface area contributed by atoms with Crippen LogP contribution in [0.3, 0.4) is 0 Å². The Labute approximate surface area is 149 Å². The third-order valence-corrected chi connectivity index (χ3v) is 5.25. The zero-order valence-electron chi connectivity index (χ0n) is 15.6. The molecule has 6 nitrogen and oxygen atoms in total. The van der Waals surface area contributed by atoms with Crippen molar-refractivity contribution < 1.29 is 9.21 Å². The summed E-state index contributed by atoms with van der Waals surface area (Å²) in [4.78, 5) is 21.2. The quantitative estimate of drug-likeness (QED) is 0.926. The fourth-order valence-electron chi connectivity index (χ4n) is 2.99. The highest BCUT2D eigenvalue weighted by Crippen LogP contribution is 2.29. The monoisotopic (exact) mass is 344 g/mol. The molecule has 0 saturated carbocycles. The Kier molecular flexibility index (Phi) is 4.99. The Bertz CT molecular complexity index is 705. The Balaban J connectivity index is 1.63. The number of rotatable bonds is 4. The fourth-order valence-corrected chi connectivity index (χ4v) is 2.99. The van der Waals surface area contributed by atoms with E-state index in [1.165, 1.54) is 0 Å². The molecule has 0 radical (unpaired) electrons. The van der Waals surface area contributed by atoms with E-state index < -0.39 is 0 Å². The van der Waals surface area contributed by atoms with E-state index in [2.05, 4.69) is 29.0 Å². The van der Waals surface area contributed by atoms with Gasteiger partial charge in [0, 0.05) is 25.2 Å². The third-order valence-electron chi connectivity index (χ3n) is 5.25. The Hall–Kier alpha value is -2.08. The summed E-state index contributed by atoms with van der Waals surface area (Å²) in [5.74, 6) is 0.904. The molecule has 6 heteroatoms. The van der Waals surface area contributed by atoms with Crippen LogP contribution in [0.1, 0.15) is 38.5 Å². The Morgan fingerprint density at radius 3 is 2.88 bits per heavy atom. The molecule has 2 heterocycles. The number of likely N-dealkylation sites (N-methyl/N-ethyl adjacent to an activating group) is 1. The van der Waals surface area contributed by atoms with Crippen molar-refractivity contribution in [2.45, 2.75) is 38.1 Å². The number of piperidine rings is 1. The fraction of sp³-hybridized carbons (Fsp3) is 0.579. The van der Waals surface area contributed by atoms with Crippen molar-refractivity contribution in [3.63, 3.8) is 0 Å². The minimum absolute atomic E-state index is 0.00395. The van der Waals surface area contributed by atoms with Crippen LogP contribution in [-0.4, -0.2) is 60.1 Å². The molecular formula is C19H28N4O2. The van der Waals surface area contributed by atoms with Crippen LogP contribution in [0.25, 0.3) is 11.1 Å². The van der Waals surface area contributed by atoms with Gasteiger partial charge in [-0.3, -0.25) is 0 Å². The maximum Gasteiger partial charge on any atom is 0.317 e. The van der Waals surface area contributed by atoms with Gasteiger partial charge in [0.05, 0.1) is 5.92 Å². The van der Waals surface area contributed by atoms with Crippen LogP contribution in [0.4, 0.5) is 4.79 Å². The van der Waals surface area contributed by atoms with Gasteiger partial charge in [-0.05, 0) is 52.9 Å². The predicted octanol–water partition coefficient (Wildman–Crippen LogP) is 3.06. The number of hydrogen-bond donors (Lipinski definition) is 1. The topological polar surface area (TPSA) is 61.6 Å². The van der Waals surface area contributed by atoms with E-state index in [0.717, 1.165) is 36.4 Å². The number of amides is 2. The molecule has 0 spiro atoms. The SMILES string of the molecule is CN(C)C(C)(C)CNC(=O)N1CCC[C@H](c2nc3ccccc3o2)C1. The second-order valence-electron chi connectivity index (χ2n) is 7.67. The van der Waals surface area contributed by atoms with Gasteiger partial charge in [-0.25, -0.2) is 9.78 Å². The molecule has 1 aromatic carbocycles. The number of nitrogens with one attached hydrogen (secondary N) is 1. The van der Waals surface area contributed by atoms with Crippen LogP contribution < -0.4 is 5.32 Å². The van der Waals surface area contributed by atoms with Crippen LogP contribution in [0.15, 0.2) is 28.7 Å². The highest BCUT2D eigenvalue weighted by atomic mass is 16.3. The highest BCUT2D eigenvalue weighted by Gasteiger charge is 2.29. The molecule has 0 aliphatic carbocycles. The molecule has 1 aliphatic heterocycles. The van der Waals surface area contributed by atoms with Gasteiger partial charge in [-0.2, -0.15) is 0 Å². The highest BCUT2D eigenvalue weighted by molar-refractivity contribution is 5.74. The van der Waals surface area contributed by atoms with Gasteiger partial charge in [0.15, 0.2) is 11.5 Å². The van der Waals surface area contributed by atoms with E-state index in [1.807, 2.05) is 43.3 Å². The number of urea groups is 1. The zero-order valence-corrected chi connectivity index (χ0v) is 15.6. The van der Waals surface area contributed by atoms with Gasteiger partial charge in [0.25, 0.3) is 0 Å². The summed E-state index contributed by atoms with van der Waals surface area (Å²) in [5.41, 5.74) is 1.61. The summed E-state index contributed by atoms with van der Waals surface area (Å²) >= 11 is 0. The zero-order chi connectivity index (χ0) is 18.0. The van der Waals surface area contributed by atoms with E-state index in [9.17, 15) is 4.79 Å². The second-order valence-corrected chi connectivity index (χ2v) is 7.67. The Morgan fingerprint density at radius 1 is 1.40 bits per heavy atom. The molecule has 25 heavy (non-hydrogen) atoms. The summed E-state index contributed by atoms with van der Waals surface area (Å²) in [6.45, 7) is 6.28. The minimum Gasteiger partial charge on any atom is -0.440 e. The molecule has 1 aromatic heterocycles. The van der Waals surface area contributed by atoms with Gasteiger partial charge >= 0.3 is 6.03 Å². The summed E-state index contributed by atoms with van der Waals surface area (Å²) in [6, 6.07) is 7.80. The maximum absolute atomic E-state index is 12.6. The van der Waals surface area contributed by atoms with Crippen molar-refractivity contribution in [2.24, 2.45) is 0 Å². The van der Waals surface area contributed by atoms with Crippen LogP contribution in [-0.2, 0) is 0 Å². The van der Waals surface area contributed by atoms with Gasteiger partial charge in [-0.15, -0.1) is 0 Å². The Morgan fingerprint density at radius 2 is 2.16 bits per heavy atom. The largest absolute Gasteiger partial charge is 0.440 e. The van der Waals surface area contributed by atoms with E-state index in [-0.39, 0.29) is 17.5 Å². The van der Waals surface area contributed by atoms with Crippen molar-refractivity contribution in [1.82, 2.24) is 20.1 Å². The van der Waals surface area contributed by atoms with Gasteiger partial charge in [0.1, 0.15) is 5.52 Å². The number of para-hydroxylation sites is 2. The molecule has 1 saturated heterocycles. The molecule has 3 rings (SSSR count). The number of carbonyl (C=O) groups excluding carboxylic acids is 1. The average Bonchev–Trinajstić information content (AvgIpc) is 3.04. The van der Waals surface area contributed by atoms with Crippen LogP contribution in [0.5, 0.6) is 0 Å². The number of hydrogen-bond acceptors (Lipinski definition) is 4. The van der Waals surface area contributed by atoms with Gasteiger partial charge in [0.2, 0.25) is 0 Å². The standard InChI is InChI=1S/C19H28N4O2/c1-19(2,22(3)4)13-20-18(24)23-11-7-8-14(12-23)17-21-15-9-5-6-10-16(15)25-17/h5-6,9-10,14H,7-8,11-13H2,1-4H3,(H,20,24)/t14-/m0/s1. The number of benzene rings is 1. The number of oxazole rings is 1. The first-order chi connectivity index (χ1) is 11.9. The minimum atomic E-state index is -0.0782. The predicted molar refractivity (Wildman–Crippen MR) is 98.7 cm³/mol. The third kappa shape index (κ3) is 3.95. The molecule has 0 bridgehead atoms. The number of fused-ring (bicyclic) bond motifs is 1. The smallest absolute Gasteiger partial charge is 0.317 e. The normalized spacial score (nSPS) is 18.8. The van der Waals surface area contributed by atoms with Gasteiger partial charge in [-0.1, -0.05) is 12.1 Å².